The van der Waals surface area contributed by atoms with Crippen LogP contribution in [0.5, 0.6) is 5.75 Å². The number of hydrogen-bond donors (Lipinski definition) is 2. The molecule has 5 nitrogen and oxygen atoms in total. The summed E-state index contributed by atoms with van der Waals surface area (Å²) in [7, 11) is 0. The predicted molar refractivity (Wildman–Crippen MR) is 85.4 cm³/mol. The van der Waals surface area contributed by atoms with E-state index in [1.807, 2.05) is 13.8 Å². The largest absolute Gasteiger partial charge is 0.491 e. The van der Waals surface area contributed by atoms with E-state index >= 15 is 0 Å². The first-order valence-corrected chi connectivity index (χ1v) is 7.60. The smallest absolute Gasteiger partial charge is 0.319 e. The van der Waals surface area contributed by atoms with Crippen molar-refractivity contribution in [1.82, 2.24) is 5.32 Å². The Kier molecular flexibility index (Phi) is 8.62. The number of nitrogens with one attached hydrogen (secondary N) is 2. The molecule has 0 bridgehead atoms. The van der Waals surface area contributed by atoms with Crippen molar-refractivity contribution in [1.29, 1.82) is 0 Å². The highest BCUT2D eigenvalue weighted by Crippen LogP contribution is 2.28. The molecule has 0 radical (unpaired) electrons. The van der Waals surface area contributed by atoms with Crippen LogP contribution in [-0.4, -0.2) is 32.4 Å². The van der Waals surface area contributed by atoms with Gasteiger partial charge >= 0.3 is 6.03 Å². The lowest BCUT2D eigenvalue weighted by Gasteiger charge is -2.13. The first-order chi connectivity index (χ1) is 10.2. The van der Waals surface area contributed by atoms with Gasteiger partial charge in [-0.3, -0.25) is 0 Å². The van der Waals surface area contributed by atoms with Gasteiger partial charge in [-0.15, -0.1) is 0 Å². The fraction of sp³-hybridized carbons (Fsp3) is 0.533. The van der Waals surface area contributed by atoms with Crippen LogP contribution in [0.15, 0.2) is 18.2 Å². The molecule has 0 saturated carbocycles. The minimum Gasteiger partial charge on any atom is -0.491 e. The SMILES string of the molecule is CCCOc1ccc(Cl)cc1NC(=O)NCCCOCC. The number of rotatable bonds is 9. The molecule has 1 aromatic rings. The van der Waals surface area contributed by atoms with Gasteiger partial charge in [-0.2, -0.15) is 0 Å². The predicted octanol–water partition coefficient (Wildman–Crippen LogP) is 3.68. The third kappa shape index (κ3) is 7.20. The van der Waals surface area contributed by atoms with E-state index in [9.17, 15) is 4.79 Å². The average Bonchev–Trinajstić information content (AvgIpc) is 2.46. The topological polar surface area (TPSA) is 59.6 Å². The molecule has 0 aliphatic heterocycles. The van der Waals surface area contributed by atoms with Gasteiger partial charge < -0.3 is 20.1 Å². The summed E-state index contributed by atoms with van der Waals surface area (Å²) < 4.78 is 10.8. The fourth-order valence-corrected chi connectivity index (χ4v) is 1.80. The molecule has 1 aromatic carbocycles. The van der Waals surface area contributed by atoms with E-state index in [4.69, 9.17) is 21.1 Å². The minimum absolute atomic E-state index is 0.282. The molecule has 0 saturated heterocycles. The van der Waals surface area contributed by atoms with E-state index in [-0.39, 0.29) is 6.03 Å². The Morgan fingerprint density at radius 2 is 2.10 bits per heavy atom. The maximum absolute atomic E-state index is 11.8. The second-order valence-corrected chi connectivity index (χ2v) is 4.86. The molecule has 2 N–H and O–H groups in total. The molecule has 0 atom stereocenters. The third-order valence-corrected chi connectivity index (χ3v) is 2.84. The van der Waals surface area contributed by atoms with E-state index in [2.05, 4.69) is 10.6 Å². The average molecular weight is 315 g/mol. The van der Waals surface area contributed by atoms with Crippen LogP contribution in [0.25, 0.3) is 0 Å². The van der Waals surface area contributed by atoms with Gasteiger partial charge in [0.2, 0.25) is 0 Å². The van der Waals surface area contributed by atoms with Gasteiger partial charge in [0.25, 0.3) is 0 Å². The number of hydrogen-bond acceptors (Lipinski definition) is 3. The Morgan fingerprint density at radius 1 is 1.29 bits per heavy atom. The second-order valence-electron chi connectivity index (χ2n) is 4.42. The van der Waals surface area contributed by atoms with Crippen molar-refractivity contribution in [3.8, 4) is 5.75 Å². The summed E-state index contributed by atoms with van der Waals surface area (Å²) in [5.74, 6) is 0.616. The van der Waals surface area contributed by atoms with Crippen molar-refractivity contribution >= 4 is 23.3 Å². The van der Waals surface area contributed by atoms with E-state index in [1.165, 1.54) is 0 Å². The minimum atomic E-state index is -0.282. The highest BCUT2D eigenvalue weighted by molar-refractivity contribution is 6.31. The molecule has 0 spiro atoms. The number of urea groups is 1. The molecular formula is C15H23ClN2O3. The number of amides is 2. The van der Waals surface area contributed by atoms with Crippen LogP contribution in [0.1, 0.15) is 26.7 Å². The van der Waals surface area contributed by atoms with E-state index < -0.39 is 0 Å². The van der Waals surface area contributed by atoms with E-state index in [1.54, 1.807) is 18.2 Å². The maximum atomic E-state index is 11.8. The standard InChI is InChI=1S/C15H23ClN2O3/c1-3-9-21-14-7-6-12(16)11-13(14)18-15(19)17-8-5-10-20-4-2/h6-7,11H,3-5,8-10H2,1-2H3,(H2,17,18,19). The maximum Gasteiger partial charge on any atom is 0.319 e. The zero-order chi connectivity index (χ0) is 15.5. The van der Waals surface area contributed by atoms with Crippen molar-refractivity contribution in [2.24, 2.45) is 0 Å². The number of halogens is 1. The quantitative estimate of drug-likeness (QED) is 0.684. The highest BCUT2D eigenvalue weighted by Gasteiger charge is 2.08. The summed E-state index contributed by atoms with van der Waals surface area (Å²) in [5.41, 5.74) is 0.568. The molecule has 2 amide bonds. The molecule has 0 aliphatic rings. The van der Waals surface area contributed by atoms with Crippen LogP contribution in [-0.2, 0) is 4.74 Å². The molecule has 1 rings (SSSR count). The van der Waals surface area contributed by atoms with Crippen molar-refractivity contribution in [3.05, 3.63) is 23.2 Å². The van der Waals surface area contributed by atoms with Gasteiger partial charge in [0, 0.05) is 24.8 Å². The number of ether oxygens (including phenoxy) is 2. The molecule has 0 aliphatic carbocycles. The lowest BCUT2D eigenvalue weighted by Crippen LogP contribution is -2.30. The Bertz CT molecular complexity index is 441. The van der Waals surface area contributed by atoms with Crippen LogP contribution in [0.4, 0.5) is 10.5 Å². The van der Waals surface area contributed by atoms with Crippen molar-refractivity contribution < 1.29 is 14.3 Å². The van der Waals surface area contributed by atoms with Gasteiger partial charge in [-0.1, -0.05) is 18.5 Å². The van der Waals surface area contributed by atoms with Crippen LogP contribution in [0.2, 0.25) is 5.02 Å². The van der Waals surface area contributed by atoms with Gasteiger partial charge in [0.1, 0.15) is 5.75 Å². The molecule has 0 fully saturated rings. The van der Waals surface area contributed by atoms with Gasteiger partial charge in [0.05, 0.1) is 12.3 Å². The molecular weight excluding hydrogens is 292 g/mol. The first-order valence-electron chi connectivity index (χ1n) is 7.22. The van der Waals surface area contributed by atoms with Crippen LogP contribution in [0, 0.1) is 0 Å². The lowest BCUT2D eigenvalue weighted by atomic mass is 10.3. The van der Waals surface area contributed by atoms with Gasteiger partial charge in [-0.25, -0.2) is 4.79 Å². The molecule has 0 aromatic heterocycles. The summed E-state index contributed by atoms with van der Waals surface area (Å²) in [6.07, 6.45) is 1.67. The number of anilines is 1. The molecule has 6 heteroatoms. The van der Waals surface area contributed by atoms with Gasteiger partial charge in [-0.05, 0) is 38.0 Å². The zero-order valence-corrected chi connectivity index (χ0v) is 13.3. The van der Waals surface area contributed by atoms with Crippen LogP contribution in [0.3, 0.4) is 0 Å². The summed E-state index contributed by atoms with van der Waals surface area (Å²) in [6.45, 7) is 6.43. The first kappa shape index (κ1) is 17.6. The molecule has 21 heavy (non-hydrogen) atoms. The third-order valence-electron chi connectivity index (χ3n) is 2.61. The van der Waals surface area contributed by atoms with Crippen molar-refractivity contribution in [2.45, 2.75) is 26.7 Å². The Hall–Kier alpha value is -1.46. The van der Waals surface area contributed by atoms with E-state index in [0.29, 0.717) is 42.8 Å². The Balaban J connectivity index is 2.48. The van der Waals surface area contributed by atoms with Crippen molar-refractivity contribution in [3.63, 3.8) is 0 Å². The summed E-state index contributed by atoms with van der Waals surface area (Å²) in [5, 5.41) is 6.06. The number of benzene rings is 1. The fourth-order valence-electron chi connectivity index (χ4n) is 1.62. The zero-order valence-electron chi connectivity index (χ0n) is 12.6. The van der Waals surface area contributed by atoms with Gasteiger partial charge in [0.15, 0.2) is 0 Å². The monoisotopic (exact) mass is 314 g/mol. The number of carbonyl (C=O) groups excluding carboxylic acids is 1. The summed E-state index contributed by atoms with van der Waals surface area (Å²) in [6, 6.07) is 4.88. The Labute approximate surface area is 131 Å². The molecule has 0 unspecified atom stereocenters. The summed E-state index contributed by atoms with van der Waals surface area (Å²) >= 11 is 5.95. The molecule has 0 heterocycles. The Morgan fingerprint density at radius 3 is 2.81 bits per heavy atom. The molecule has 118 valence electrons. The highest BCUT2D eigenvalue weighted by atomic mass is 35.5. The second kappa shape index (κ2) is 10.3. The lowest BCUT2D eigenvalue weighted by molar-refractivity contribution is 0.145. The normalized spacial score (nSPS) is 10.2. The van der Waals surface area contributed by atoms with Crippen LogP contribution >= 0.6 is 11.6 Å². The van der Waals surface area contributed by atoms with E-state index in [0.717, 1.165) is 12.8 Å². The van der Waals surface area contributed by atoms with Crippen molar-refractivity contribution in [2.75, 3.05) is 31.7 Å². The number of carbonyl (C=O) groups is 1. The summed E-state index contributed by atoms with van der Waals surface area (Å²) in [4.78, 5) is 11.8. The van der Waals surface area contributed by atoms with Crippen LogP contribution < -0.4 is 15.4 Å².